The van der Waals surface area contributed by atoms with E-state index in [2.05, 4.69) is 40.3 Å². The summed E-state index contributed by atoms with van der Waals surface area (Å²) in [5, 5.41) is 3.80. The fourth-order valence-electron chi connectivity index (χ4n) is 6.55. The number of benzene rings is 5. The molecule has 8 aromatic rings. The zero-order chi connectivity index (χ0) is 30.2. The van der Waals surface area contributed by atoms with Crippen LogP contribution in [0, 0.1) is 0 Å². The van der Waals surface area contributed by atoms with Crippen molar-refractivity contribution in [3.8, 4) is 56.7 Å². The first-order valence-corrected chi connectivity index (χ1v) is 15.1. The van der Waals surface area contributed by atoms with Crippen LogP contribution in [-0.4, -0.2) is 39.9 Å². The quantitative estimate of drug-likeness (QED) is 0.198. The summed E-state index contributed by atoms with van der Waals surface area (Å²) < 4.78 is 0. The van der Waals surface area contributed by atoms with E-state index < -0.39 is 0 Å². The Hall–Kier alpha value is -6.54. The molecule has 8 bridgehead atoms. The normalized spacial score (nSPS) is 11.9. The Bertz CT molecular complexity index is 2700. The SMILES string of the molecule is c1ccc(-c2cccc3c4nc5nc(nc6[nH]c(nc7nc(nc([nH]4)c23)-c2ccccc2-7)c2ccccc62)-c2ccccc2-5)cc1. The first-order valence-electron chi connectivity index (χ1n) is 15.1. The second kappa shape index (κ2) is 9.48. The van der Waals surface area contributed by atoms with Gasteiger partial charge in [0.15, 0.2) is 23.3 Å². The van der Waals surface area contributed by atoms with Crippen molar-refractivity contribution in [1.82, 2.24) is 39.9 Å². The van der Waals surface area contributed by atoms with Crippen molar-refractivity contribution in [2.24, 2.45) is 0 Å². The number of nitrogens with zero attached hydrogens (tertiary/aromatic N) is 6. The Kier molecular flexibility index (Phi) is 5.12. The number of nitrogens with one attached hydrogen (secondary N) is 2. The zero-order valence-electron chi connectivity index (χ0n) is 24.2. The van der Waals surface area contributed by atoms with Gasteiger partial charge in [0.05, 0.1) is 0 Å². The number of hydrogen-bond donors (Lipinski definition) is 2. The number of aromatic amines is 2. The van der Waals surface area contributed by atoms with Gasteiger partial charge in [-0.2, -0.15) is 0 Å². The number of H-pyrrole nitrogens is 2. The van der Waals surface area contributed by atoms with E-state index in [1.165, 1.54) is 0 Å². The molecule has 8 nitrogen and oxygen atoms in total. The highest BCUT2D eigenvalue weighted by Gasteiger charge is 2.22. The van der Waals surface area contributed by atoms with Crippen molar-refractivity contribution < 1.29 is 0 Å². The molecule has 46 heavy (non-hydrogen) atoms. The summed E-state index contributed by atoms with van der Waals surface area (Å²) >= 11 is 0. The molecule has 5 heterocycles. The molecule has 8 heteroatoms. The van der Waals surface area contributed by atoms with Crippen LogP contribution in [0.1, 0.15) is 0 Å². The van der Waals surface area contributed by atoms with E-state index in [-0.39, 0.29) is 0 Å². The Labute approximate surface area is 261 Å². The number of fused-ring (bicyclic) bond motifs is 20. The molecule has 0 amide bonds. The second-order valence-electron chi connectivity index (χ2n) is 11.3. The number of rotatable bonds is 1. The molecule has 214 valence electrons. The van der Waals surface area contributed by atoms with Gasteiger partial charge in [0, 0.05) is 43.8 Å². The van der Waals surface area contributed by atoms with Gasteiger partial charge in [-0.1, -0.05) is 121 Å². The summed E-state index contributed by atoms with van der Waals surface area (Å²) in [5.74, 6) is 2.34. The average Bonchev–Trinajstić information content (AvgIpc) is 3.84. The van der Waals surface area contributed by atoms with Gasteiger partial charge in [-0.15, -0.1) is 0 Å². The van der Waals surface area contributed by atoms with Gasteiger partial charge in [-0.3, -0.25) is 0 Å². The fraction of sp³-hybridized carbons (Fsp3) is 0. The minimum Gasteiger partial charge on any atom is -0.324 e. The van der Waals surface area contributed by atoms with Crippen LogP contribution < -0.4 is 0 Å². The Morgan fingerprint density at radius 2 is 0.696 bits per heavy atom. The third-order valence-electron chi connectivity index (χ3n) is 8.66. The maximum atomic E-state index is 5.20. The van der Waals surface area contributed by atoms with Gasteiger partial charge >= 0.3 is 0 Å². The van der Waals surface area contributed by atoms with E-state index in [1.807, 2.05) is 91.0 Å². The van der Waals surface area contributed by atoms with E-state index in [4.69, 9.17) is 29.9 Å². The van der Waals surface area contributed by atoms with Gasteiger partial charge in [0.1, 0.15) is 22.6 Å². The first-order chi connectivity index (χ1) is 22.8. The highest BCUT2D eigenvalue weighted by Crippen LogP contribution is 2.38. The van der Waals surface area contributed by atoms with Crippen LogP contribution in [-0.2, 0) is 0 Å². The zero-order valence-corrected chi connectivity index (χ0v) is 24.2. The monoisotopic (exact) mass is 590 g/mol. The molecule has 5 aromatic carbocycles. The minimum absolute atomic E-state index is 0.582. The maximum absolute atomic E-state index is 5.20. The van der Waals surface area contributed by atoms with E-state index in [9.17, 15) is 0 Å². The molecular weight excluding hydrogens is 568 g/mol. The molecule has 0 fully saturated rings. The van der Waals surface area contributed by atoms with Crippen LogP contribution in [0.4, 0.5) is 0 Å². The van der Waals surface area contributed by atoms with E-state index in [1.54, 1.807) is 0 Å². The predicted octanol–water partition coefficient (Wildman–Crippen LogP) is 8.54. The van der Waals surface area contributed by atoms with Crippen molar-refractivity contribution in [2.45, 2.75) is 0 Å². The van der Waals surface area contributed by atoms with E-state index in [0.29, 0.717) is 45.9 Å². The van der Waals surface area contributed by atoms with Crippen LogP contribution in [0.3, 0.4) is 0 Å². The molecule has 2 aliphatic heterocycles. The van der Waals surface area contributed by atoms with Crippen molar-refractivity contribution in [1.29, 1.82) is 0 Å². The van der Waals surface area contributed by atoms with Crippen molar-refractivity contribution in [3.63, 3.8) is 0 Å². The molecule has 0 atom stereocenters. The summed E-state index contributed by atoms with van der Waals surface area (Å²) in [7, 11) is 0. The Morgan fingerprint density at radius 1 is 0.304 bits per heavy atom. The summed E-state index contributed by atoms with van der Waals surface area (Å²) in [6.07, 6.45) is 0. The lowest BCUT2D eigenvalue weighted by Gasteiger charge is -2.03. The molecule has 3 aromatic heterocycles. The summed E-state index contributed by atoms with van der Waals surface area (Å²) in [6.45, 7) is 0. The highest BCUT2D eigenvalue weighted by atomic mass is 15.1. The second-order valence-corrected chi connectivity index (χ2v) is 11.3. The van der Waals surface area contributed by atoms with E-state index >= 15 is 0 Å². The standard InChI is InChI=1S/C38H22N8/c1-2-11-21(12-3-1)22-19-10-20-29-30(22)38-45-36-28-18-9-8-17-27(28)34(43-36)41-32-24-14-5-4-13-23(24)31(39-32)40-33-25-15-6-7-16-26(25)35(42-33)44-37(29)46-38/h1-20H,(H2,39,40,41,42,43,44,45,46). The van der Waals surface area contributed by atoms with Crippen molar-refractivity contribution in [3.05, 3.63) is 121 Å². The van der Waals surface area contributed by atoms with Crippen molar-refractivity contribution >= 4 is 44.1 Å². The molecule has 0 radical (unpaired) electrons. The third-order valence-corrected chi connectivity index (χ3v) is 8.66. The molecular formula is C38H22N8. The van der Waals surface area contributed by atoms with Crippen LogP contribution in [0.5, 0.6) is 0 Å². The Balaban J connectivity index is 1.42. The van der Waals surface area contributed by atoms with Crippen LogP contribution >= 0.6 is 0 Å². The largest absolute Gasteiger partial charge is 0.324 e. The average molecular weight is 591 g/mol. The lowest BCUT2D eigenvalue weighted by molar-refractivity contribution is 1.19. The van der Waals surface area contributed by atoms with E-state index in [0.717, 1.165) is 54.9 Å². The lowest BCUT2D eigenvalue weighted by atomic mass is 10.0. The molecule has 2 N–H and O–H groups in total. The molecule has 2 aliphatic rings. The van der Waals surface area contributed by atoms with Gasteiger partial charge < -0.3 is 9.97 Å². The van der Waals surface area contributed by atoms with Gasteiger partial charge in [-0.25, -0.2) is 29.9 Å². The topological polar surface area (TPSA) is 109 Å². The molecule has 0 saturated heterocycles. The summed E-state index contributed by atoms with van der Waals surface area (Å²) in [5.41, 5.74) is 8.50. The van der Waals surface area contributed by atoms with Crippen LogP contribution in [0.15, 0.2) is 121 Å². The molecule has 0 spiro atoms. The van der Waals surface area contributed by atoms with Crippen LogP contribution in [0.2, 0.25) is 0 Å². The molecule has 0 unspecified atom stereocenters. The lowest BCUT2D eigenvalue weighted by Crippen LogP contribution is -1.83. The first kappa shape index (κ1) is 24.9. The minimum atomic E-state index is 0.582. The Morgan fingerprint density at radius 3 is 1.24 bits per heavy atom. The molecule has 0 aliphatic carbocycles. The highest BCUT2D eigenvalue weighted by molar-refractivity contribution is 6.12. The summed E-state index contributed by atoms with van der Waals surface area (Å²) in [6, 6.07) is 40.8. The number of aromatic nitrogens is 8. The van der Waals surface area contributed by atoms with Gasteiger partial charge in [0.25, 0.3) is 0 Å². The van der Waals surface area contributed by atoms with Gasteiger partial charge in [-0.05, 0) is 11.1 Å². The van der Waals surface area contributed by atoms with Crippen LogP contribution in [0.25, 0.3) is 101 Å². The third kappa shape index (κ3) is 3.67. The molecule has 10 rings (SSSR count). The fourth-order valence-corrected chi connectivity index (χ4v) is 6.55. The van der Waals surface area contributed by atoms with Gasteiger partial charge in [0.2, 0.25) is 0 Å². The number of hydrogen-bond acceptors (Lipinski definition) is 6. The van der Waals surface area contributed by atoms with Crippen molar-refractivity contribution in [2.75, 3.05) is 0 Å². The smallest absolute Gasteiger partial charge is 0.164 e. The molecule has 0 saturated carbocycles. The predicted molar refractivity (Wildman–Crippen MR) is 181 cm³/mol. The maximum Gasteiger partial charge on any atom is 0.164 e. The summed E-state index contributed by atoms with van der Waals surface area (Å²) in [4.78, 5) is 37.5.